The van der Waals surface area contributed by atoms with Gasteiger partial charge in [-0.05, 0) is 32.0 Å². The molecule has 0 saturated carbocycles. The van der Waals surface area contributed by atoms with Crippen LogP contribution in [0, 0.1) is 28.5 Å². The smallest absolute Gasteiger partial charge is 0.124 e. The summed E-state index contributed by atoms with van der Waals surface area (Å²) in [4.78, 5) is 1.93. The summed E-state index contributed by atoms with van der Waals surface area (Å²) in [6.45, 7) is 4.48. The van der Waals surface area contributed by atoms with Crippen LogP contribution in [0.3, 0.4) is 0 Å². The molecule has 0 bridgehead atoms. The first-order chi connectivity index (χ1) is 8.10. The first-order valence-corrected chi connectivity index (χ1v) is 5.43. The van der Waals surface area contributed by atoms with Crippen LogP contribution in [0.4, 0.5) is 10.1 Å². The summed E-state index contributed by atoms with van der Waals surface area (Å²) in [5, 5.41) is 17.6. The van der Waals surface area contributed by atoms with Gasteiger partial charge >= 0.3 is 0 Å². The van der Waals surface area contributed by atoms with Crippen LogP contribution >= 0.6 is 0 Å². The number of benzene rings is 1. The summed E-state index contributed by atoms with van der Waals surface area (Å²) in [6.07, 6.45) is 0.375. The lowest BCUT2D eigenvalue weighted by atomic mass is 10.1. The first-order valence-electron chi connectivity index (χ1n) is 5.43. The standard InChI is InChI=1S/C13H14FN3/c1-10(2)17(7-3-6-15)13-5-4-12(14)8-11(13)9-16/h4-5,8,10H,3,7H2,1-2H3. The minimum atomic E-state index is -0.422. The summed E-state index contributed by atoms with van der Waals surface area (Å²) in [7, 11) is 0. The molecule has 0 aliphatic rings. The van der Waals surface area contributed by atoms with Crippen molar-refractivity contribution >= 4 is 5.69 Å². The normalized spacial score (nSPS) is 9.76. The molecule has 0 saturated heterocycles. The molecule has 1 aromatic carbocycles. The van der Waals surface area contributed by atoms with Crippen LogP contribution in [0.15, 0.2) is 18.2 Å². The number of rotatable bonds is 4. The molecule has 0 unspecified atom stereocenters. The molecule has 0 N–H and O–H groups in total. The Morgan fingerprint density at radius 3 is 2.59 bits per heavy atom. The number of hydrogen-bond acceptors (Lipinski definition) is 3. The molecule has 0 fully saturated rings. The average Bonchev–Trinajstić information content (AvgIpc) is 2.30. The molecule has 17 heavy (non-hydrogen) atoms. The zero-order chi connectivity index (χ0) is 12.8. The highest BCUT2D eigenvalue weighted by molar-refractivity contribution is 5.59. The number of hydrogen-bond donors (Lipinski definition) is 0. The number of halogens is 1. The Morgan fingerprint density at radius 2 is 2.06 bits per heavy atom. The summed E-state index contributed by atoms with van der Waals surface area (Å²) >= 11 is 0. The van der Waals surface area contributed by atoms with E-state index >= 15 is 0 Å². The van der Waals surface area contributed by atoms with E-state index in [0.29, 0.717) is 24.2 Å². The fraction of sp³-hybridized carbons (Fsp3) is 0.385. The maximum atomic E-state index is 13.0. The minimum Gasteiger partial charge on any atom is -0.367 e. The van der Waals surface area contributed by atoms with Crippen molar-refractivity contribution in [2.45, 2.75) is 26.3 Å². The van der Waals surface area contributed by atoms with Gasteiger partial charge in [0, 0.05) is 12.6 Å². The molecule has 1 aromatic rings. The van der Waals surface area contributed by atoms with E-state index in [4.69, 9.17) is 10.5 Å². The van der Waals surface area contributed by atoms with Gasteiger partial charge in [-0.15, -0.1) is 0 Å². The summed E-state index contributed by atoms with van der Waals surface area (Å²) in [5.74, 6) is -0.422. The third-order valence-electron chi connectivity index (χ3n) is 2.48. The molecule has 88 valence electrons. The van der Waals surface area contributed by atoms with Crippen LogP contribution in [0.5, 0.6) is 0 Å². The minimum absolute atomic E-state index is 0.154. The first kappa shape index (κ1) is 13.0. The average molecular weight is 231 g/mol. The summed E-state index contributed by atoms with van der Waals surface area (Å²) in [6, 6.07) is 8.35. The Bertz CT molecular complexity index is 469. The Kier molecular flexibility index (Phi) is 4.48. The topological polar surface area (TPSA) is 50.8 Å². The van der Waals surface area contributed by atoms with Gasteiger partial charge in [0.15, 0.2) is 0 Å². The zero-order valence-electron chi connectivity index (χ0n) is 9.94. The molecule has 3 nitrogen and oxygen atoms in total. The van der Waals surface area contributed by atoms with Crippen LogP contribution < -0.4 is 4.90 Å². The fourth-order valence-electron chi connectivity index (χ4n) is 1.68. The van der Waals surface area contributed by atoms with Crippen molar-refractivity contribution in [1.29, 1.82) is 10.5 Å². The second-order valence-corrected chi connectivity index (χ2v) is 3.97. The van der Waals surface area contributed by atoms with E-state index in [-0.39, 0.29) is 6.04 Å². The van der Waals surface area contributed by atoms with E-state index in [1.54, 1.807) is 6.07 Å². The molecule has 0 radical (unpaired) electrons. The molecule has 0 atom stereocenters. The van der Waals surface area contributed by atoms with E-state index in [9.17, 15) is 4.39 Å². The maximum absolute atomic E-state index is 13.0. The Labute approximate surface area is 101 Å². The lowest BCUT2D eigenvalue weighted by Gasteiger charge is -2.28. The Balaban J connectivity index is 3.11. The molecular formula is C13H14FN3. The molecule has 0 amide bonds. The van der Waals surface area contributed by atoms with Gasteiger partial charge in [0.05, 0.1) is 23.7 Å². The second kappa shape index (κ2) is 5.86. The summed E-state index contributed by atoms with van der Waals surface area (Å²) in [5.41, 5.74) is 0.982. The van der Waals surface area contributed by atoms with Crippen molar-refractivity contribution in [3.8, 4) is 12.1 Å². The fourth-order valence-corrected chi connectivity index (χ4v) is 1.68. The lowest BCUT2D eigenvalue weighted by Crippen LogP contribution is -2.32. The highest BCUT2D eigenvalue weighted by Crippen LogP contribution is 2.23. The third kappa shape index (κ3) is 3.19. The van der Waals surface area contributed by atoms with Crippen LogP contribution in [-0.4, -0.2) is 12.6 Å². The van der Waals surface area contributed by atoms with Crippen molar-refractivity contribution in [3.63, 3.8) is 0 Å². The van der Waals surface area contributed by atoms with Gasteiger partial charge in [-0.3, -0.25) is 0 Å². The van der Waals surface area contributed by atoms with Crippen molar-refractivity contribution in [1.82, 2.24) is 0 Å². The van der Waals surface area contributed by atoms with Crippen molar-refractivity contribution in [2.24, 2.45) is 0 Å². The Hall–Kier alpha value is -2.07. The van der Waals surface area contributed by atoms with E-state index in [0.717, 1.165) is 0 Å². The Morgan fingerprint density at radius 1 is 1.35 bits per heavy atom. The molecule has 0 spiro atoms. The molecular weight excluding hydrogens is 217 g/mol. The summed E-state index contributed by atoms with van der Waals surface area (Å²) < 4.78 is 13.0. The van der Waals surface area contributed by atoms with E-state index in [1.165, 1.54) is 12.1 Å². The van der Waals surface area contributed by atoms with Crippen LogP contribution in [0.25, 0.3) is 0 Å². The molecule has 0 aliphatic heterocycles. The number of nitrogens with zero attached hydrogens (tertiary/aromatic N) is 3. The van der Waals surface area contributed by atoms with Gasteiger partial charge in [0.1, 0.15) is 11.9 Å². The number of nitriles is 2. The van der Waals surface area contributed by atoms with Crippen molar-refractivity contribution in [2.75, 3.05) is 11.4 Å². The lowest BCUT2D eigenvalue weighted by molar-refractivity contribution is 0.625. The predicted molar refractivity (Wildman–Crippen MR) is 63.8 cm³/mol. The predicted octanol–water partition coefficient (Wildman–Crippen LogP) is 2.83. The number of anilines is 1. The van der Waals surface area contributed by atoms with Gasteiger partial charge in [0.25, 0.3) is 0 Å². The largest absolute Gasteiger partial charge is 0.367 e. The van der Waals surface area contributed by atoms with Crippen LogP contribution in [0.2, 0.25) is 0 Å². The maximum Gasteiger partial charge on any atom is 0.124 e. The van der Waals surface area contributed by atoms with Crippen LogP contribution in [0.1, 0.15) is 25.8 Å². The van der Waals surface area contributed by atoms with Crippen molar-refractivity contribution in [3.05, 3.63) is 29.6 Å². The highest BCUT2D eigenvalue weighted by atomic mass is 19.1. The van der Waals surface area contributed by atoms with Crippen LogP contribution in [-0.2, 0) is 0 Å². The molecule has 0 heterocycles. The quantitative estimate of drug-likeness (QED) is 0.800. The third-order valence-corrected chi connectivity index (χ3v) is 2.48. The van der Waals surface area contributed by atoms with Gasteiger partial charge in [-0.25, -0.2) is 4.39 Å². The molecule has 0 aromatic heterocycles. The molecule has 0 aliphatic carbocycles. The van der Waals surface area contributed by atoms with E-state index < -0.39 is 5.82 Å². The van der Waals surface area contributed by atoms with E-state index in [1.807, 2.05) is 24.8 Å². The van der Waals surface area contributed by atoms with E-state index in [2.05, 4.69) is 6.07 Å². The van der Waals surface area contributed by atoms with Gasteiger partial charge in [-0.1, -0.05) is 0 Å². The zero-order valence-corrected chi connectivity index (χ0v) is 9.94. The van der Waals surface area contributed by atoms with Gasteiger partial charge < -0.3 is 4.90 Å². The SMILES string of the molecule is CC(C)N(CCC#N)c1ccc(F)cc1C#N. The second-order valence-electron chi connectivity index (χ2n) is 3.97. The molecule has 4 heteroatoms. The monoisotopic (exact) mass is 231 g/mol. The highest BCUT2D eigenvalue weighted by Gasteiger charge is 2.14. The molecule has 1 rings (SSSR count). The van der Waals surface area contributed by atoms with Gasteiger partial charge in [-0.2, -0.15) is 10.5 Å². The van der Waals surface area contributed by atoms with Gasteiger partial charge in [0.2, 0.25) is 0 Å². The van der Waals surface area contributed by atoms with Crippen molar-refractivity contribution < 1.29 is 4.39 Å².